The van der Waals surface area contributed by atoms with Crippen LogP contribution >= 0.6 is 0 Å². The Kier molecular flexibility index (Phi) is 4.93. The lowest BCUT2D eigenvalue weighted by Gasteiger charge is -2.32. The minimum atomic E-state index is -0.124. The average molecular weight is 380 g/mol. The molecule has 1 aromatic carbocycles. The van der Waals surface area contributed by atoms with Gasteiger partial charge in [-0.2, -0.15) is 5.10 Å². The van der Waals surface area contributed by atoms with Crippen molar-refractivity contribution < 1.29 is 4.79 Å². The van der Waals surface area contributed by atoms with Gasteiger partial charge in [0.1, 0.15) is 17.5 Å². The van der Waals surface area contributed by atoms with Crippen LogP contribution in [-0.4, -0.2) is 48.6 Å². The van der Waals surface area contributed by atoms with Gasteiger partial charge in [-0.3, -0.25) is 9.59 Å². The summed E-state index contributed by atoms with van der Waals surface area (Å²) in [5.41, 5.74) is 0.572. The first-order valence-corrected chi connectivity index (χ1v) is 9.66. The normalized spacial score (nSPS) is 17.2. The molecule has 8 heteroatoms. The van der Waals surface area contributed by atoms with Crippen molar-refractivity contribution in [3.05, 3.63) is 52.1 Å². The number of nitrogens with zero attached hydrogens (tertiary/aromatic N) is 5. The van der Waals surface area contributed by atoms with E-state index in [9.17, 15) is 9.59 Å². The summed E-state index contributed by atoms with van der Waals surface area (Å²) in [6, 6.07) is 7.33. The smallest absolute Gasteiger partial charge is 0.258 e. The standard InChI is InChI=1S/C20H24N6O2/c1-13-21-14(2)26(24-13)11-9-18(27)25-10-5-6-15(12-25)19-22-17-8-4-3-7-16(17)20(28)23-19/h3-4,7-8,15H,5-6,9-12H2,1-2H3,(H,22,23,28)/t15-/m1/s1. The van der Waals surface area contributed by atoms with Crippen LogP contribution in [0.25, 0.3) is 10.9 Å². The van der Waals surface area contributed by atoms with E-state index in [1.807, 2.05) is 36.9 Å². The van der Waals surface area contributed by atoms with E-state index in [1.54, 1.807) is 10.7 Å². The Hall–Kier alpha value is -3.03. The minimum absolute atomic E-state index is 0.0466. The van der Waals surface area contributed by atoms with Gasteiger partial charge in [0.2, 0.25) is 5.91 Å². The van der Waals surface area contributed by atoms with Crippen LogP contribution in [0.1, 0.15) is 42.7 Å². The van der Waals surface area contributed by atoms with E-state index in [2.05, 4.69) is 20.1 Å². The quantitative estimate of drug-likeness (QED) is 0.746. The van der Waals surface area contributed by atoms with E-state index in [0.29, 0.717) is 42.1 Å². The number of amides is 1. The van der Waals surface area contributed by atoms with Gasteiger partial charge in [0.15, 0.2) is 0 Å². The average Bonchev–Trinajstić information content (AvgIpc) is 3.03. The van der Waals surface area contributed by atoms with Crippen LogP contribution in [0.15, 0.2) is 29.1 Å². The third-order valence-electron chi connectivity index (χ3n) is 5.29. The van der Waals surface area contributed by atoms with Crippen LogP contribution in [-0.2, 0) is 11.3 Å². The van der Waals surface area contributed by atoms with Gasteiger partial charge in [0, 0.05) is 25.4 Å². The third-order valence-corrected chi connectivity index (χ3v) is 5.29. The number of hydrogen-bond donors (Lipinski definition) is 1. The topological polar surface area (TPSA) is 96.8 Å². The lowest BCUT2D eigenvalue weighted by molar-refractivity contribution is -0.132. The summed E-state index contributed by atoms with van der Waals surface area (Å²) in [5, 5.41) is 4.90. The highest BCUT2D eigenvalue weighted by Crippen LogP contribution is 2.25. The molecule has 1 N–H and O–H groups in total. The zero-order valence-corrected chi connectivity index (χ0v) is 16.2. The lowest BCUT2D eigenvalue weighted by Crippen LogP contribution is -2.40. The maximum absolute atomic E-state index is 12.7. The molecule has 28 heavy (non-hydrogen) atoms. The molecule has 1 fully saturated rings. The first-order chi connectivity index (χ1) is 13.5. The molecular weight excluding hydrogens is 356 g/mol. The summed E-state index contributed by atoms with van der Waals surface area (Å²) in [6.07, 6.45) is 2.19. The summed E-state index contributed by atoms with van der Waals surface area (Å²) < 4.78 is 1.77. The van der Waals surface area contributed by atoms with Crippen molar-refractivity contribution in [3.63, 3.8) is 0 Å². The number of aromatic amines is 1. The third kappa shape index (κ3) is 3.67. The molecular formula is C20H24N6O2. The molecule has 0 radical (unpaired) electrons. The van der Waals surface area contributed by atoms with E-state index in [1.165, 1.54) is 0 Å². The van der Waals surface area contributed by atoms with Gasteiger partial charge >= 0.3 is 0 Å². The van der Waals surface area contributed by atoms with Crippen LogP contribution in [0.3, 0.4) is 0 Å². The molecule has 146 valence electrons. The zero-order valence-electron chi connectivity index (χ0n) is 16.2. The number of carbonyl (C=O) groups is 1. The van der Waals surface area contributed by atoms with E-state index < -0.39 is 0 Å². The molecule has 0 bridgehead atoms. The van der Waals surface area contributed by atoms with Gasteiger partial charge in [-0.25, -0.2) is 14.6 Å². The number of carbonyl (C=O) groups excluding carboxylic acids is 1. The number of aryl methyl sites for hydroxylation is 3. The van der Waals surface area contributed by atoms with Gasteiger partial charge < -0.3 is 9.88 Å². The SMILES string of the molecule is Cc1nc(C)n(CCC(=O)N2CCC[C@@H](c3nc4ccccc4c(=O)[nH]3)C2)n1. The summed E-state index contributed by atoms with van der Waals surface area (Å²) in [7, 11) is 0. The van der Waals surface area contributed by atoms with Crippen molar-refractivity contribution in [2.45, 2.75) is 45.6 Å². The predicted octanol–water partition coefficient (Wildman–Crippen LogP) is 1.93. The summed E-state index contributed by atoms with van der Waals surface area (Å²) in [6.45, 7) is 5.58. The Morgan fingerprint density at radius 3 is 2.86 bits per heavy atom. The van der Waals surface area contributed by atoms with Gasteiger partial charge in [-0.05, 0) is 38.8 Å². The molecule has 1 saturated heterocycles. The number of hydrogen-bond acceptors (Lipinski definition) is 5. The maximum atomic E-state index is 12.7. The van der Waals surface area contributed by atoms with Crippen molar-refractivity contribution in [3.8, 4) is 0 Å². The highest BCUT2D eigenvalue weighted by Gasteiger charge is 2.26. The molecule has 4 rings (SSSR count). The molecule has 1 aliphatic heterocycles. The number of fused-ring (bicyclic) bond motifs is 1. The fourth-order valence-electron chi connectivity index (χ4n) is 3.86. The maximum Gasteiger partial charge on any atom is 0.258 e. The first kappa shape index (κ1) is 18.3. The Morgan fingerprint density at radius 2 is 2.07 bits per heavy atom. The van der Waals surface area contributed by atoms with Crippen molar-refractivity contribution in [2.75, 3.05) is 13.1 Å². The Bertz CT molecular complexity index is 1070. The summed E-state index contributed by atoms with van der Waals surface area (Å²) in [5.74, 6) is 2.35. The largest absolute Gasteiger partial charge is 0.342 e. The number of para-hydroxylation sites is 1. The number of piperidine rings is 1. The predicted molar refractivity (Wildman–Crippen MR) is 105 cm³/mol. The number of rotatable bonds is 4. The molecule has 0 saturated carbocycles. The van der Waals surface area contributed by atoms with Crippen LogP contribution in [0.2, 0.25) is 0 Å². The first-order valence-electron chi connectivity index (χ1n) is 9.66. The molecule has 0 unspecified atom stereocenters. The molecule has 1 aliphatic rings. The number of H-pyrrole nitrogens is 1. The van der Waals surface area contributed by atoms with E-state index in [-0.39, 0.29) is 17.4 Å². The highest BCUT2D eigenvalue weighted by atomic mass is 16.2. The summed E-state index contributed by atoms with van der Waals surface area (Å²) >= 11 is 0. The van der Waals surface area contributed by atoms with Crippen molar-refractivity contribution in [1.82, 2.24) is 29.6 Å². The molecule has 2 aromatic heterocycles. The number of nitrogens with one attached hydrogen (secondary N) is 1. The van der Waals surface area contributed by atoms with Crippen molar-refractivity contribution in [1.29, 1.82) is 0 Å². The zero-order chi connectivity index (χ0) is 19.7. The Labute approximate surface area is 162 Å². The Morgan fingerprint density at radius 1 is 1.25 bits per heavy atom. The minimum Gasteiger partial charge on any atom is -0.342 e. The fraction of sp³-hybridized carbons (Fsp3) is 0.450. The lowest BCUT2D eigenvalue weighted by atomic mass is 9.96. The van der Waals surface area contributed by atoms with Crippen molar-refractivity contribution in [2.24, 2.45) is 0 Å². The van der Waals surface area contributed by atoms with Crippen molar-refractivity contribution >= 4 is 16.8 Å². The monoisotopic (exact) mass is 380 g/mol. The molecule has 3 heterocycles. The molecule has 0 spiro atoms. The molecule has 1 atom stereocenters. The molecule has 0 aliphatic carbocycles. The fourth-order valence-corrected chi connectivity index (χ4v) is 3.86. The van der Waals surface area contributed by atoms with Crippen LogP contribution in [0, 0.1) is 13.8 Å². The second-order valence-corrected chi connectivity index (χ2v) is 7.33. The summed E-state index contributed by atoms with van der Waals surface area (Å²) in [4.78, 5) is 38.8. The van der Waals surface area contributed by atoms with Crippen LogP contribution < -0.4 is 5.56 Å². The van der Waals surface area contributed by atoms with Gasteiger partial charge in [0.05, 0.1) is 17.4 Å². The van der Waals surface area contributed by atoms with E-state index in [0.717, 1.165) is 25.2 Å². The van der Waals surface area contributed by atoms with Gasteiger partial charge in [0.25, 0.3) is 5.56 Å². The second-order valence-electron chi connectivity index (χ2n) is 7.33. The highest BCUT2D eigenvalue weighted by molar-refractivity contribution is 5.77. The van der Waals surface area contributed by atoms with Gasteiger partial charge in [-0.15, -0.1) is 0 Å². The Balaban J connectivity index is 1.46. The number of benzene rings is 1. The molecule has 1 amide bonds. The molecule has 8 nitrogen and oxygen atoms in total. The number of aromatic nitrogens is 5. The number of likely N-dealkylation sites (tertiary alicyclic amines) is 1. The second kappa shape index (κ2) is 7.53. The van der Waals surface area contributed by atoms with E-state index >= 15 is 0 Å². The van der Waals surface area contributed by atoms with Crippen LogP contribution in [0.5, 0.6) is 0 Å². The van der Waals surface area contributed by atoms with Gasteiger partial charge in [-0.1, -0.05) is 12.1 Å². The van der Waals surface area contributed by atoms with E-state index in [4.69, 9.17) is 0 Å². The van der Waals surface area contributed by atoms with Crippen LogP contribution in [0.4, 0.5) is 0 Å². The molecule has 3 aromatic rings.